The van der Waals surface area contributed by atoms with Crippen molar-refractivity contribution in [1.29, 1.82) is 0 Å². The second kappa shape index (κ2) is 7.38. The summed E-state index contributed by atoms with van der Waals surface area (Å²) < 4.78 is 0. The van der Waals surface area contributed by atoms with E-state index in [1.54, 1.807) is 0 Å². The van der Waals surface area contributed by atoms with Gasteiger partial charge in [0, 0.05) is 38.3 Å². The third kappa shape index (κ3) is 4.17. The van der Waals surface area contributed by atoms with Crippen molar-refractivity contribution in [3.8, 4) is 0 Å². The molecule has 1 saturated carbocycles. The molecule has 20 heavy (non-hydrogen) atoms. The standard InChI is InChI=1S/C15H30N4O/c1-3-14(6-7-16)19-10-8-18(9-11-19)12(2)15(20)17-13-4-5-13/h12-14H,3-11,16H2,1-2H3,(H,17,20). The summed E-state index contributed by atoms with van der Waals surface area (Å²) in [6.07, 6.45) is 4.55. The molecule has 0 aromatic heterocycles. The van der Waals surface area contributed by atoms with Crippen LogP contribution in [0.5, 0.6) is 0 Å². The Balaban J connectivity index is 1.76. The summed E-state index contributed by atoms with van der Waals surface area (Å²) >= 11 is 0. The lowest BCUT2D eigenvalue weighted by Crippen LogP contribution is -2.56. The van der Waals surface area contributed by atoms with Crippen molar-refractivity contribution in [2.45, 2.75) is 57.7 Å². The highest BCUT2D eigenvalue weighted by molar-refractivity contribution is 5.81. The number of piperazine rings is 1. The van der Waals surface area contributed by atoms with E-state index in [1.165, 1.54) is 0 Å². The van der Waals surface area contributed by atoms with Gasteiger partial charge in [0.2, 0.25) is 5.91 Å². The van der Waals surface area contributed by atoms with E-state index < -0.39 is 0 Å². The van der Waals surface area contributed by atoms with Crippen molar-refractivity contribution in [1.82, 2.24) is 15.1 Å². The average Bonchev–Trinajstić information content (AvgIpc) is 3.28. The fourth-order valence-electron chi connectivity index (χ4n) is 3.04. The first-order chi connectivity index (χ1) is 9.65. The molecule has 1 saturated heterocycles. The Morgan fingerprint density at radius 3 is 2.35 bits per heavy atom. The van der Waals surface area contributed by atoms with Crippen LogP contribution in [0.1, 0.15) is 39.5 Å². The third-order valence-corrected chi connectivity index (χ3v) is 4.69. The summed E-state index contributed by atoms with van der Waals surface area (Å²) in [5.74, 6) is 0.204. The van der Waals surface area contributed by atoms with Gasteiger partial charge in [-0.25, -0.2) is 0 Å². The molecule has 0 bridgehead atoms. The van der Waals surface area contributed by atoms with Gasteiger partial charge in [-0.15, -0.1) is 0 Å². The maximum absolute atomic E-state index is 12.1. The summed E-state index contributed by atoms with van der Waals surface area (Å²) in [5, 5.41) is 3.11. The van der Waals surface area contributed by atoms with Crippen molar-refractivity contribution in [3.05, 3.63) is 0 Å². The molecule has 0 aromatic carbocycles. The highest BCUT2D eigenvalue weighted by atomic mass is 16.2. The van der Waals surface area contributed by atoms with Gasteiger partial charge in [-0.2, -0.15) is 0 Å². The Labute approximate surface area is 122 Å². The van der Waals surface area contributed by atoms with Gasteiger partial charge >= 0.3 is 0 Å². The Hall–Kier alpha value is -0.650. The highest BCUT2D eigenvalue weighted by Gasteiger charge is 2.30. The lowest BCUT2D eigenvalue weighted by Gasteiger charge is -2.41. The van der Waals surface area contributed by atoms with Gasteiger partial charge in [0.05, 0.1) is 6.04 Å². The number of hydrogen-bond acceptors (Lipinski definition) is 4. The molecule has 0 aromatic rings. The maximum atomic E-state index is 12.1. The van der Waals surface area contributed by atoms with E-state index in [0.29, 0.717) is 12.1 Å². The fraction of sp³-hybridized carbons (Fsp3) is 0.933. The largest absolute Gasteiger partial charge is 0.352 e. The molecule has 1 heterocycles. The number of nitrogens with zero attached hydrogens (tertiary/aromatic N) is 2. The molecule has 116 valence electrons. The zero-order valence-electron chi connectivity index (χ0n) is 13.0. The van der Waals surface area contributed by atoms with Gasteiger partial charge < -0.3 is 11.1 Å². The number of rotatable bonds is 7. The van der Waals surface area contributed by atoms with E-state index in [1.807, 2.05) is 6.92 Å². The molecule has 0 radical (unpaired) electrons. The van der Waals surface area contributed by atoms with Crippen LogP contribution in [-0.2, 0) is 4.79 Å². The first-order valence-electron chi connectivity index (χ1n) is 8.14. The molecule has 2 unspecified atom stereocenters. The molecule has 2 fully saturated rings. The Kier molecular flexibility index (Phi) is 5.81. The quantitative estimate of drug-likeness (QED) is 0.709. The van der Waals surface area contributed by atoms with E-state index in [-0.39, 0.29) is 11.9 Å². The summed E-state index contributed by atoms with van der Waals surface area (Å²) in [6.45, 7) is 9.11. The molecule has 5 heteroatoms. The van der Waals surface area contributed by atoms with Crippen LogP contribution in [0.25, 0.3) is 0 Å². The van der Waals surface area contributed by atoms with Crippen LogP contribution in [0.15, 0.2) is 0 Å². The Morgan fingerprint density at radius 2 is 1.85 bits per heavy atom. The van der Waals surface area contributed by atoms with Crippen molar-refractivity contribution >= 4 is 5.91 Å². The van der Waals surface area contributed by atoms with E-state index >= 15 is 0 Å². The molecule has 2 atom stereocenters. The normalized spacial score (nSPS) is 24.4. The van der Waals surface area contributed by atoms with Crippen LogP contribution >= 0.6 is 0 Å². The van der Waals surface area contributed by atoms with Crippen LogP contribution in [0.4, 0.5) is 0 Å². The molecular formula is C15H30N4O. The van der Waals surface area contributed by atoms with Crippen LogP contribution < -0.4 is 11.1 Å². The molecule has 1 aliphatic carbocycles. The number of nitrogens with one attached hydrogen (secondary N) is 1. The predicted molar refractivity (Wildman–Crippen MR) is 81.5 cm³/mol. The minimum absolute atomic E-state index is 0.00679. The van der Waals surface area contributed by atoms with Crippen molar-refractivity contribution < 1.29 is 4.79 Å². The van der Waals surface area contributed by atoms with Gasteiger partial charge in [0.1, 0.15) is 0 Å². The van der Waals surface area contributed by atoms with Gasteiger partial charge in [-0.3, -0.25) is 14.6 Å². The minimum Gasteiger partial charge on any atom is -0.352 e. The second-order valence-corrected chi connectivity index (χ2v) is 6.17. The van der Waals surface area contributed by atoms with E-state index in [9.17, 15) is 4.79 Å². The first kappa shape index (κ1) is 15.7. The lowest BCUT2D eigenvalue weighted by atomic mass is 10.1. The van der Waals surface area contributed by atoms with Crippen molar-refractivity contribution in [3.63, 3.8) is 0 Å². The molecule has 0 spiro atoms. The molecule has 1 aliphatic heterocycles. The molecular weight excluding hydrogens is 252 g/mol. The SMILES string of the molecule is CCC(CCN)N1CCN(C(C)C(=O)NC2CC2)CC1. The zero-order valence-corrected chi connectivity index (χ0v) is 13.0. The molecule has 2 aliphatic rings. The third-order valence-electron chi connectivity index (χ3n) is 4.69. The predicted octanol–water partition coefficient (Wildman–Crippen LogP) is 0.399. The summed E-state index contributed by atoms with van der Waals surface area (Å²) in [5.41, 5.74) is 5.69. The number of nitrogens with two attached hydrogens (primary N) is 1. The second-order valence-electron chi connectivity index (χ2n) is 6.17. The average molecular weight is 282 g/mol. The Bertz CT molecular complexity index is 311. The van der Waals surface area contributed by atoms with E-state index in [0.717, 1.165) is 58.4 Å². The van der Waals surface area contributed by atoms with Crippen LogP contribution in [0.3, 0.4) is 0 Å². The van der Waals surface area contributed by atoms with E-state index in [4.69, 9.17) is 5.73 Å². The smallest absolute Gasteiger partial charge is 0.237 e. The number of carbonyl (C=O) groups excluding carboxylic acids is 1. The van der Waals surface area contributed by atoms with Crippen LogP contribution in [0.2, 0.25) is 0 Å². The molecule has 1 amide bonds. The summed E-state index contributed by atoms with van der Waals surface area (Å²) in [4.78, 5) is 16.9. The summed E-state index contributed by atoms with van der Waals surface area (Å²) in [6, 6.07) is 1.07. The molecule has 5 nitrogen and oxygen atoms in total. The molecule has 3 N–H and O–H groups in total. The van der Waals surface area contributed by atoms with Crippen LogP contribution in [-0.4, -0.2) is 66.6 Å². The monoisotopic (exact) mass is 282 g/mol. The van der Waals surface area contributed by atoms with Gasteiger partial charge in [0.15, 0.2) is 0 Å². The zero-order chi connectivity index (χ0) is 14.5. The summed E-state index contributed by atoms with van der Waals surface area (Å²) in [7, 11) is 0. The fourth-order valence-corrected chi connectivity index (χ4v) is 3.04. The van der Waals surface area contributed by atoms with E-state index in [2.05, 4.69) is 22.0 Å². The van der Waals surface area contributed by atoms with Crippen LogP contribution in [0, 0.1) is 0 Å². The number of carbonyl (C=O) groups is 1. The minimum atomic E-state index is 0.00679. The van der Waals surface area contributed by atoms with Gasteiger partial charge in [-0.05, 0) is 39.2 Å². The maximum Gasteiger partial charge on any atom is 0.237 e. The number of hydrogen-bond donors (Lipinski definition) is 2. The highest BCUT2D eigenvalue weighted by Crippen LogP contribution is 2.19. The van der Waals surface area contributed by atoms with Gasteiger partial charge in [0.25, 0.3) is 0 Å². The van der Waals surface area contributed by atoms with Gasteiger partial charge in [-0.1, -0.05) is 6.92 Å². The topological polar surface area (TPSA) is 61.6 Å². The molecule has 2 rings (SSSR count). The van der Waals surface area contributed by atoms with Crippen molar-refractivity contribution in [2.24, 2.45) is 5.73 Å². The lowest BCUT2D eigenvalue weighted by molar-refractivity contribution is -0.126. The Morgan fingerprint density at radius 1 is 1.25 bits per heavy atom. The van der Waals surface area contributed by atoms with Crippen molar-refractivity contribution in [2.75, 3.05) is 32.7 Å². The first-order valence-corrected chi connectivity index (χ1v) is 8.14. The number of amides is 1.